The number of phosphoric acid groups is 1. The van der Waals surface area contributed by atoms with E-state index in [1.807, 2.05) is 61.5 Å². The fourth-order valence-corrected chi connectivity index (χ4v) is 7.28. The second kappa shape index (κ2) is 9.58. The molecule has 0 spiro atoms. The standard InChI is InChI=1S/C29H20FO4PS2/c1-18-8-6-9-19-16-24(21-11-2-4-14-26(21)36-28(18)19)33-35(31,32)34-25-17-20-10-7-13-23(30)29(20)37-27-15-5-3-12-22(25)27/h2-17H,1H3,(H,31,32). The summed E-state index contributed by atoms with van der Waals surface area (Å²) in [7, 11) is -4.68. The van der Waals surface area contributed by atoms with Crippen LogP contribution in [0.1, 0.15) is 27.8 Å². The smallest absolute Gasteiger partial charge is 0.394 e. The number of fused-ring (bicyclic) bond motifs is 4. The molecule has 1 atom stereocenters. The highest BCUT2D eigenvalue weighted by Gasteiger charge is 2.32. The van der Waals surface area contributed by atoms with Gasteiger partial charge in [0.05, 0.1) is 4.90 Å². The van der Waals surface area contributed by atoms with Crippen LogP contribution in [-0.4, -0.2) is 4.89 Å². The van der Waals surface area contributed by atoms with Crippen LogP contribution in [0.5, 0.6) is 0 Å². The Hall–Kier alpha value is -3.22. The van der Waals surface area contributed by atoms with Crippen LogP contribution in [0.4, 0.5) is 4.39 Å². The monoisotopic (exact) mass is 546 g/mol. The van der Waals surface area contributed by atoms with Crippen LogP contribution in [0.15, 0.2) is 105 Å². The van der Waals surface area contributed by atoms with Gasteiger partial charge in [-0.2, -0.15) is 0 Å². The summed E-state index contributed by atoms with van der Waals surface area (Å²) in [5, 5.41) is 0. The number of aryl methyl sites for hydroxylation is 1. The molecule has 4 aromatic carbocycles. The number of rotatable bonds is 4. The first-order valence-corrected chi connectivity index (χ1v) is 14.6. The van der Waals surface area contributed by atoms with Gasteiger partial charge >= 0.3 is 7.82 Å². The minimum absolute atomic E-state index is 0.131. The molecule has 2 heterocycles. The minimum Gasteiger partial charge on any atom is -0.394 e. The summed E-state index contributed by atoms with van der Waals surface area (Å²) >= 11 is 2.84. The van der Waals surface area contributed by atoms with Crippen molar-refractivity contribution in [1.82, 2.24) is 0 Å². The second-order valence-corrected chi connectivity index (χ2v) is 11.9. The van der Waals surface area contributed by atoms with Crippen LogP contribution in [0.25, 0.3) is 23.7 Å². The number of benzene rings is 4. The first-order valence-electron chi connectivity index (χ1n) is 11.5. The van der Waals surface area contributed by atoms with Crippen LogP contribution >= 0.6 is 31.3 Å². The first-order chi connectivity index (χ1) is 17.9. The SMILES string of the molecule is Cc1cccc2c1Sc1ccccc1C(OP(=O)(O)OC1=Cc3cccc(F)c3Sc3ccccc31)=C2. The van der Waals surface area contributed by atoms with Gasteiger partial charge in [-0.05, 0) is 54.0 Å². The van der Waals surface area contributed by atoms with E-state index in [9.17, 15) is 13.8 Å². The Bertz CT molecular complexity index is 1540. The van der Waals surface area contributed by atoms with Gasteiger partial charge in [-0.3, -0.25) is 4.89 Å². The molecule has 0 saturated carbocycles. The molecule has 4 nitrogen and oxygen atoms in total. The third-order valence-corrected chi connectivity index (χ3v) is 9.37. The molecular formula is C29H20FO4PS2. The van der Waals surface area contributed by atoms with E-state index in [-0.39, 0.29) is 17.3 Å². The van der Waals surface area contributed by atoms with E-state index in [1.54, 1.807) is 48.2 Å². The lowest BCUT2D eigenvalue weighted by atomic mass is 10.1. The van der Waals surface area contributed by atoms with E-state index >= 15 is 0 Å². The molecular weight excluding hydrogens is 526 g/mol. The largest absolute Gasteiger partial charge is 0.584 e. The summed E-state index contributed by atoms with van der Waals surface area (Å²) in [6, 6.07) is 25.4. The Morgan fingerprint density at radius 2 is 1.22 bits per heavy atom. The van der Waals surface area contributed by atoms with E-state index in [4.69, 9.17) is 9.05 Å². The van der Waals surface area contributed by atoms with Crippen molar-refractivity contribution in [2.24, 2.45) is 0 Å². The summed E-state index contributed by atoms with van der Waals surface area (Å²) < 4.78 is 39.6. The average Bonchev–Trinajstić information content (AvgIpc) is 3.13. The lowest BCUT2D eigenvalue weighted by molar-refractivity contribution is 0.264. The molecule has 0 radical (unpaired) electrons. The highest BCUT2D eigenvalue weighted by Crippen LogP contribution is 2.55. The van der Waals surface area contributed by atoms with Crippen LogP contribution in [0, 0.1) is 12.7 Å². The molecule has 1 unspecified atom stereocenters. The van der Waals surface area contributed by atoms with Crippen LogP contribution in [-0.2, 0) is 13.6 Å². The van der Waals surface area contributed by atoms with E-state index < -0.39 is 7.82 Å². The quantitative estimate of drug-likeness (QED) is 0.258. The summed E-state index contributed by atoms with van der Waals surface area (Å²) in [5.41, 5.74) is 3.81. The van der Waals surface area contributed by atoms with Crippen molar-refractivity contribution in [2.75, 3.05) is 0 Å². The fraction of sp³-hybridized carbons (Fsp3) is 0.0345. The van der Waals surface area contributed by atoms with Crippen LogP contribution in [0.3, 0.4) is 0 Å². The molecule has 184 valence electrons. The summed E-state index contributed by atoms with van der Waals surface area (Å²) in [5.74, 6) is -0.00192. The molecule has 8 heteroatoms. The Morgan fingerprint density at radius 3 is 1.84 bits per heavy atom. The van der Waals surface area contributed by atoms with Crippen molar-refractivity contribution in [3.05, 3.63) is 119 Å². The van der Waals surface area contributed by atoms with Crippen molar-refractivity contribution in [1.29, 1.82) is 0 Å². The minimum atomic E-state index is -4.68. The van der Waals surface area contributed by atoms with E-state index in [0.717, 1.165) is 20.9 Å². The summed E-state index contributed by atoms with van der Waals surface area (Å²) in [6.45, 7) is 2.03. The zero-order valence-electron chi connectivity index (χ0n) is 19.6. The number of hydrogen-bond acceptors (Lipinski definition) is 5. The van der Waals surface area contributed by atoms with E-state index in [0.29, 0.717) is 26.5 Å². The molecule has 0 amide bonds. The lowest BCUT2D eigenvalue weighted by Crippen LogP contribution is -1.97. The Morgan fingerprint density at radius 1 is 0.703 bits per heavy atom. The molecule has 0 bridgehead atoms. The van der Waals surface area contributed by atoms with Crippen molar-refractivity contribution >= 4 is 55.0 Å². The normalized spacial score (nSPS) is 15.3. The highest BCUT2D eigenvalue weighted by molar-refractivity contribution is 7.99. The van der Waals surface area contributed by atoms with Crippen molar-refractivity contribution in [3.8, 4) is 0 Å². The Kier molecular flexibility index (Phi) is 6.25. The van der Waals surface area contributed by atoms with Crippen molar-refractivity contribution < 1.29 is 22.9 Å². The Balaban J connectivity index is 1.41. The van der Waals surface area contributed by atoms with Gasteiger partial charge in [-0.15, -0.1) is 0 Å². The van der Waals surface area contributed by atoms with Gasteiger partial charge in [0.15, 0.2) is 0 Å². The van der Waals surface area contributed by atoms with Gasteiger partial charge in [0.1, 0.15) is 17.3 Å². The van der Waals surface area contributed by atoms with Crippen LogP contribution in [0.2, 0.25) is 0 Å². The average molecular weight is 547 g/mol. The van der Waals surface area contributed by atoms with Gasteiger partial charge in [-0.25, -0.2) is 8.96 Å². The Labute approximate surface area is 222 Å². The lowest BCUT2D eigenvalue weighted by Gasteiger charge is -2.19. The molecule has 0 aliphatic carbocycles. The maximum atomic E-state index is 14.6. The van der Waals surface area contributed by atoms with Gasteiger partial charge < -0.3 is 9.05 Å². The summed E-state index contributed by atoms with van der Waals surface area (Å²) in [6.07, 6.45) is 3.34. The van der Waals surface area contributed by atoms with E-state index in [2.05, 4.69) is 0 Å². The molecule has 2 aliphatic heterocycles. The molecule has 0 aromatic heterocycles. The highest BCUT2D eigenvalue weighted by atomic mass is 32.2. The maximum absolute atomic E-state index is 14.6. The number of hydrogen-bond donors (Lipinski definition) is 1. The molecule has 0 fully saturated rings. The third-order valence-electron chi connectivity index (χ3n) is 5.97. The van der Waals surface area contributed by atoms with Gasteiger partial charge in [0, 0.05) is 25.8 Å². The molecule has 1 N–H and O–H groups in total. The van der Waals surface area contributed by atoms with Crippen LogP contribution < -0.4 is 0 Å². The zero-order chi connectivity index (χ0) is 25.6. The van der Waals surface area contributed by atoms with Gasteiger partial charge in [0.25, 0.3) is 0 Å². The van der Waals surface area contributed by atoms with Crippen molar-refractivity contribution in [2.45, 2.75) is 26.5 Å². The van der Waals surface area contributed by atoms with Gasteiger partial charge in [-0.1, -0.05) is 90.3 Å². The topological polar surface area (TPSA) is 55.8 Å². The zero-order valence-corrected chi connectivity index (χ0v) is 22.1. The maximum Gasteiger partial charge on any atom is 0.584 e. The molecule has 37 heavy (non-hydrogen) atoms. The predicted octanol–water partition coefficient (Wildman–Crippen LogP) is 8.89. The molecule has 4 aromatic rings. The number of phosphoric ester groups is 1. The first kappa shape index (κ1) is 24.1. The number of halogens is 1. The molecule has 2 aliphatic rings. The predicted molar refractivity (Wildman–Crippen MR) is 146 cm³/mol. The van der Waals surface area contributed by atoms with E-state index in [1.165, 1.54) is 17.8 Å². The molecule has 6 rings (SSSR count). The summed E-state index contributed by atoms with van der Waals surface area (Å²) in [4.78, 5) is 14.1. The fourth-order valence-electron chi connectivity index (χ4n) is 4.27. The molecule has 0 saturated heterocycles. The third kappa shape index (κ3) is 4.76. The van der Waals surface area contributed by atoms with Gasteiger partial charge in [0.2, 0.25) is 0 Å². The second-order valence-electron chi connectivity index (χ2n) is 8.52. The van der Waals surface area contributed by atoms with Crippen molar-refractivity contribution in [3.63, 3.8) is 0 Å².